The molecule has 37 heavy (non-hydrogen) atoms. The first-order valence-electron chi connectivity index (χ1n) is 12.0. The lowest BCUT2D eigenvalue weighted by molar-refractivity contribution is -0.140. The number of rotatable bonds is 11. The fourth-order valence-corrected chi connectivity index (χ4v) is 4.54. The number of anilines is 1. The van der Waals surface area contributed by atoms with Crippen LogP contribution in [0.2, 0.25) is 0 Å². The van der Waals surface area contributed by atoms with E-state index < -0.39 is 40.3 Å². The molecule has 11 heteroatoms. The van der Waals surface area contributed by atoms with Gasteiger partial charge in [-0.05, 0) is 50.5 Å². The fourth-order valence-electron chi connectivity index (χ4n) is 3.70. The molecule has 0 unspecified atom stereocenters. The van der Waals surface area contributed by atoms with Crippen LogP contribution in [0.5, 0.6) is 0 Å². The Kier molecular flexibility index (Phi) is 10.1. The molecular formula is C26H34F3N3O4S. The van der Waals surface area contributed by atoms with Crippen LogP contribution in [0.25, 0.3) is 0 Å². The van der Waals surface area contributed by atoms with E-state index in [0.29, 0.717) is 16.8 Å². The lowest BCUT2D eigenvalue weighted by atomic mass is 10.1. The van der Waals surface area contributed by atoms with Gasteiger partial charge in [0, 0.05) is 12.6 Å². The van der Waals surface area contributed by atoms with E-state index in [1.54, 1.807) is 19.1 Å². The Balaban J connectivity index is 2.48. The van der Waals surface area contributed by atoms with Crippen LogP contribution in [0.4, 0.5) is 18.9 Å². The number of sulfonamides is 1. The maximum Gasteiger partial charge on any atom is 0.416 e. The smallest absolute Gasteiger partial charge is 0.352 e. The summed E-state index contributed by atoms with van der Waals surface area (Å²) in [5.74, 6) is -1.10. The Hall–Kier alpha value is -3.08. The average molecular weight is 542 g/mol. The molecule has 0 aromatic heterocycles. The lowest BCUT2D eigenvalue weighted by Gasteiger charge is -2.33. The van der Waals surface area contributed by atoms with Crippen molar-refractivity contribution >= 4 is 27.5 Å². The van der Waals surface area contributed by atoms with Crippen LogP contribution < -0.4 is 9.62 Å². The predicted octanol–water partition coefficient (Wildman–Crippen LogP) is 4.50. The van der Waals surface area contributed by atoms with Gasteiger partial charge in [-0.3, -0.25) is 13.9 Å². The molecule has 0 heterocycles. The third-order valence-corrected chi connectivity index (χ3v) is 7.14. The summed E-state index contributed by atoms with van der Waals surface area (Å²) in [5.41, 5.74) is 0.384. The van der Waals surface area contributed by atoms with Gasteiger partial charge in [-0.1, -0.05) is 49.7 Å². The Morgan fingerprint density at radius 2 is 1.65 bits per heavy atom. The molecule has 0 saturated carbocycles. The second-order valence-electron chi connectivity index (χ2n) is 9.07. The van der Waals surface area contributed by atoms with E-state index in [2.05, 4.69) is 5.32 Å². The van der Waals surface area contributed by atoms with Crippen molar-refractivity contribution in [3.8, 4) is 0 Å². The zero-order chi connectivity index (χ0) is 28.0. The Bertz CT molecular complexity index is 1180. The first-order valence-corrected chi connectivity index (χ1v) is 13.8. The quantitative estimate of drug-likeness (QED) is 0.454. The second-order valence-corrected chi connectivity index (χ2v) is 11.0. The van der Waals surface area contributed by atoms with Crippen molar-refractivity contribution in [3.63, 3.8) is 0 Å². The van der Waals surface area contributed by atoms with Crippen LogP contribution in [0.1, 0.15) is 50.3 Å². The summed E-state index contributed by atoms with van der Waals surface area (Å²) in [6, 6.07) is 10.0. The van der Waals surface area contributed by atoms with Gasteiger partial charge in [0.15, 0.2) is 0 Å². The number of amides is 2. The average Bonchev–Trinajstić information content (AvgIpc) is 2.82. The highest BCUT2D eigenvalue weighted by molar-refractivity contribution is 7.92. The van der Waals surface area contributed by atoms with Gasteiger partial charge in [-0.2, -0.15) is 13.2 Å². The van der Waals surface area contributed by atoms with Gasteiger partial charge >= 0.3 is 6.18 Å². The molecule has 2 rings (SSSR count). The van der Waals surface area contributed by atoms with Crippen LogP contribution in [-0.2, 0) is 32.3 Å². The van der Waals surface area contributed by atoms with E-state index in [1.807, 2.05) is 32.9 Å². The summed E-state index contributed by atoms with van der Waals surface area (Å²) in [6.45, 7) is 6.62. The summed E-state index contributed by atoms with van der Waals surface area (Å²) in [5, 5.41) is 2.86. The maximum absolute atomic E-state index is 13.6. The van der Waals surface area contributed by atoms with E-state index in [4.69, 9.17) is 0 Å². The van der Waals surface area contributed by atoms with Gasteiger partial charge in [0.25, 0.3) is 0 Å². The molecule has 0 aliphatic carbocycles. The number of carbonyl (C=O) groups is 2. The third kappa shape index (κ3) is 8.48. The number of halogens is 3. The van der Waals surface area contributed by atoms with Gasteiger partial charge in [0.05, 0.1) is 17.5 Å². The number of benzene rings is 2. The minimum absolute atomic E-state index is 0.0196. The molecule has 7 nitrogen and oxygen atoms in total. The zero-order valence-corrected chi connectivity index (χ0v) is 22.5. The molecule has 204 valence electrons. The molecule has 0 spiro atoms. The van der Waals surface area contributed by atoms with Crippen molar-refractivity contribution in [1.29, 1.82) is 0 Å². The topological polar surface area (TPSA) is 86.8 Å². The largest absolute Gasteiger partial charge is 0.416 e. The van der Waals surface area contributed by atoms with Crippen LogP contribution in [0, 0.1) is 6.92 Å². The van der Waals surface area contributed by atoms with Crippen molar-refractivity contribution in [3.05, 3.63) is 65.2 Å². The highest BCUT2D eigenvalue weighted by atomic mass is 32.2. The van der Waals surface area contributed by atoms with Crippen molar-refractivity contribution in [2.45, 2.75) is 65.3 Å². The van der Waals surface area contributed by atoms with Gasteiger partial charge in [-0.15, -0.1) is 0 Å². The van der Waals surface area contributed by atoms with E-state index in [-0.39, 0.29) is 30.6 Å². The first-order chi connectivity index (χ1) is 17.2. The summed E-state index contributed by atoms with van der Waals surface area (Å²) < 4.78 is 65.7. The lowest BCUT2D eigenvalue weighted by Crippen LogP contribution is -2.53. The number of nitrogens with zero attached hydrogens (tertiary/aromatic N) is 2. The standard InChI is InChI=1S/C26H34F3N3O4S/c1-6-19(4)30-25(34)23(7-2)31(16-20-13-11-18(3)12-14-20)24(33)17-32(37(5,35)36)22-10-8-9-21(15-22)26(27,28)29/h8-15,19,23H,6-7,16-17H2,1-5H3,(H,30,34)/t19-,23-/m1/s1. The van der Waals surface area contributed by atoms with Gasteiger partial charge < -0.3 is 10.2 Å². The molecule has 2 amide bonds. The Morgan fingerprint density at radius 3 is 2.16 bits per heavy atom. The summed E-state index contributed by atoms with van der Waals surface area (Å²) in [6.07, 6.45) is -2.95. The van der Waals surface area contributed by atoms with Crippen LogP contribution >= 0.6 is 0 Å². The normalized spacial score (nSPS) is 13.5. The van der Waals surface area contributed by atoms with Crippen molar-refractivity contribution in [2.75, 3.05) is 17.1 Å². The van der Waals surface area contributed by atoms with Crippen LogP contribution in [0.15, 0.2) is 48.5 Å². The first kappa shape index (κ1) is 30.1. The second kappa shape index (κ2) is 12.4. The molecule has 0 saturated heterocycles. The Labute approximate surface area is 216 Å². The number of nitrogens with one attached hydrogen (secondary N) is 1. The molecule has 2 atom stereocenters. The van der Waals surface area contributed by atoms with Gasteiger partial charge in [-0.25, -0.2) is 8.42 Å². The van der Waals surface area contributed by atoms with E-state index >= 15 is 0 Å². The number of hydrogen-bond acceptors (Lipinski definition) is 4. The minimum Gasteiger partial charge on any atom is -0.352 e. The summed E-state index contributed by atoms with van der Waals surface area (Å²) >= 11 is 0. The number of carbonyl (C=O) groups excluding carboxylic acids is 2. The van der Waals surface area contributed by atoms with Crippen molar-refractivity contribution < 1.29 is 31.2 Å². The maximum atomic E-state index is 13.6. The van der Waals surface area contributed by atoms with Crippen molar-refractivity contribution in [2.24, 2.45) is 0 Å². The molecule has 0 bridgehead atoms. The summed E-state index contributed by atoms with van der Waals surface area (Å²) in [4.78, 5) is 28.0. The molecule has 2 aromatic carbocycles. The monoisotopic (exact) mass is 541 g/mol. The van der Waals surface area contributed by atoms with Gasteiger partial charge in [0.1, 0.15) is 12.6 Å². The molecule has 2 aromatic rings. The van der Waals surface area contributed by atoms with E-state index in [9.17, 15) is 31.2 Å². The van der Waals surface area contributed by atoms with E-state index in [1.165, 1.54) is 11.0 Å². The highest BCUT2D eigenvalue weighted by Gasteiger charge is 2.34. The SMILES string of the molecule is CC[C@@H](C)NC(=O)[C@@H](CC)N(Cc1ccc(C)cc1)C(=O)CN(c1cccc(C(F)(F)F)c1)S(C)(=O)=O. The predicted molar refractivity (Wildman–Crippen MR) is 137 cm³/mol. The molecule has 1 N–H and O–H groups in total. The number of aryl methyl sites for hydroxylation is 1. The molecule has 0 fully saturated rings. The fraction of sp³-hybridized carbons (Fsp3) is 0.462. The van der Waals surface area contributed by atoms with Gasteiger partial charge in [0.2, 0.25) is 21.8 Å². The van der Waals surface area contributed by atoms with E-state index in [0.717, 1.165) is 29.5 Å². The highest BCUT2D eigenvalue weighted by Crippen LogP contribution is 2.32. The summed E-state index contributed by atoms with van der Waals surface area (Å²) in [7, 11) is -4.14. The molecule has 0 radical (unpaired) electrons. The third-order valence-electron chi connectivity index (χ3n) is 6.00. The molecule has 0 aliphatic rings. The zero-order valence-electron chi connectivity index (χ0n) is 21.7. The van der Waals surface area contributed by atoms with Crippen molar-refractivity contribution in [1.82, 2.24) is 10.2 Å². The number of alkyl halides is 3. The van der Waals surface area contributed by atoms with Crippen LogP contribution in [0.3, 0.4) is 0 Å². The minimum atomic E-state index is -4.69. The molecule has 0 aliphatic heterocycles. The van der Waals surface area contributed by atoms with Crippen LogP contribution in [-0.4, -0.2) is 50.0 Å². The number of hydrogen-bond donors (Lipinski definition) is 1. The molecular weight excluding hydrogens is 507 g/mol. The Morgan fingerprint density at radius 1 is 1.03 bits per heavy atom.